The van der Waals surface area contributed by atoms with Gasteiger partial charge in [-0.1, -0.05) is 0 Å². The minimum Gasteiger partial charge on any atom is -0.383 e. The molecule has 2 aliphatic rings. The first-order valence-corrected chi connectivity index (χ1v) is 4.98. The third-order valence-electron chi connectivity index (χ3n) is 2.79. The molecular weight excluding hydrogens is 256 g/mol. The van der Waals surface area contributed by atoms with Gasteiger partial charge >= 0.3 is 5.91 Å². The van der Waals surface area contributed by atoms with Gasteiger partial charge in [0.15, 0.2) is 23.3 Å². The van der Waals surface area contributed by atoms with Crippen molar-refractivity contribution in [2.45, 2.75) is 5.91 Å². The highest BCUT2D eigenvalue weighted by molar-refractivity contribution is 6.02. The quantitative estimate of drug-likeness (QED) is 0.433. The Kier molecular flexibility index (Phi) is 2.17. The van der Waals surface area contributed by atoms with Crippen LogP contribution in [0.1, 0.15) is 11.1 Å². The lowest BCUT2D eigenvalue weighted by molar-refractivity contribution is -0.157. The summed E-state index contributed by atoms with van der Waals surface area (Å²) in [6.07, 6.45) is 0. The largest absolute Gasteiger partial charge is 0.383 e. The van der Waals surface area contributed by atoms with Crippen LogP contribution in [0, 0.1) is 23.3 Å². The molecule has 1 saturated heterocycles. The van der Waals surface area contributed by atoms with Crippen LogP contribution in [0.2, 0.25) is 0 Å². The maximum Gasteiger partial charge on any atom is 0.303 e. The minimum atomic E-state index is -2.00. The molecule has 0 bridgehead atoms. The van der Waals surface area contributed by atoms with Crippen molar-refractivity contribution in [3.05, 3.63) is 34.4 Å². The van der Waals surface area contributed by atoms with Gasteiger partial charge in [0.05, 0.1) is 24.3 Å². The van der Waals surface area contributed by atoms with E-state index >= 15 is 0 Å². The first-order chi connectivity index (χ1) is 8.48. The topological polar surface area (TPSA) is 56.8 Å². The van der Waals surface area contributed by atoms with E-state index in [1.54, 1.807) is 0 Å². The maximum atomic E-state index is 13.7. The number of amidine groups is 1. The molecule has 4 nitrogen and oxygen atoms in total. The van der Waals surface area contributed by atoms with E-state index < -0.39 is 46.1 Å². The second kappa shape index (κ2) is 3.42. The van der Waals surface area contributed by atoms with Gasteiger partial charge in [0, 0.05) is 0 Å². The van der Waals surface area contributed by atoms with Crippen molar-refractivity contribution < 1.29 is 27.0 Å². The molecule has 0 aliphatic carbocycles. The number of rotatable bonds is 0. The van der Waals surface area contributed by atoms with Gasteiger partial charge in [-0.15, -0.1) is 0 Å². The van der Waals surface area contributed by atoms with E-state index in [4.69, 9.17) is 15.2 Å². The monoisotopic (exact) mass is 262 g/mol. The van der Waals surface area contributed by atoms with Crippen molar-refractivity contribution >= 4 is 5.84 Å². The van der Waals surface area contributed by atoms with Gasteiger partial charge in [-0.3, -0.25) is 0 Å². The SMILES string of the molecule is NC1=NC2(OCCO2)c2c(F)c(F)c(F)c(F)c21. The number of benzene rings is 1. The molecule has 1 aromatic rings. The van der Waals surface area contributed by atoms with E-state index in [1.165, 1.54) is 0 Å². The lowest BCUT2D eigenvalue weighted by atomic mass is 10.0. The van der Waals surface area contributed by atoms with Gasteiger partial charge in [-0.2, -0.15) is 0 Å². The fourth-order valence-corrected chi connectivity index (χ4v) is 2.05. The molecule has 1 aromatic carbocycles. The zero-order valence-electron chi connectivity index (χ0n) is 8.77. The number of aliphatic imine (C=N–C) groups is 1. The Labute approximate surface area is 98.0 Å². The Morgan fingerprint density at radius 2 is 1.50 bits per heavy atom. The molecule has 0 unspecified atom stereocenters. The molecule has 2 aliphatic heterocycles. The molecule has 0 amide bonds. The summed E-state index contributed by atoms with van der Waals surface area (Å²) in [6, 6.07) is 0. The molecule has 18 heavy (non-hydrogen) atoms. The second-order valence-electron chi connectivity index (χ2n) is 3.78. The molecule has 0 aromatic heterocycles. The van der Waals surface area contributed by atoms with Gasteiger partial charge in [0.2, 0.25) is 0 Å². The van der Waals surface area contributed by atoms with Crippen LogP contribution in [0.25, 0.3) is 0 Å². The summed E-state index contributed by atoms with van der Waals surface area (Å²) >= 11 is 0. The van der Waals surface area contributed by atoms with Crippen LogP contribution >= 0.6 is 0 Å². The third-order valence-corrected chi connectivity index (χ3v) is 2.79. The summed E-state index contributed by atoms with van der Waals surface area (Å²) in [4.78, 5) is 3.63. The Morgan fingerprint density at radius 3 is 2.11 bits per heavy atom. The van der Waals surface area contributed by atoms with Crippen LogP contribution < -0.4 is 5.73 Å². The van der Waals surface area contributed by atoms with Crippen LogP contribution in [0.15, 0.2) is 4.99 Å². The van der Waals surface area contributed by atoms with Gasteiger partial charge in [0.1, 0.15) is 5.84 Å². The highest BCUT2D eigenvalue weighted by atomic mass is 19.2. The van der Waals surface area contributed by atoms with E-state index in [0.29, 0.717) is 0 Å². The average Bonchev–Trinajstić information content (AvgIpc) is 2.90. The molecule has 0 saturated carbocycles. The van der Waals surface area contributed by atoms with Crippen molar-refractivity contribution in [3.8, 4) is 0 Å². The number of nitrogens with two attached hydrogens (primary N) is 1. The van der Waals surface area contributed by atoms with Crippen LogP contribution in [0.4, 0.5) is 17.6 Å². The van der Waals surface area contributed by atoms with Crippen LogP contribution in [-0.4, -0.2) is 19.0 Å². The second-order valence-corrected chi connectivity index (χ2v) is 3.78. The van der Waals surface area contributed by atoms with Crippen LogP contribution in [0.5, 0.6) is 0 Å². The Balaban J connectivity index is 2.37. The normalized spacial score (nSPS) is 20.3. The fraction of sp³-hybridized carbons (Fsp3) is 0.300. The molecule has 2 heterocycles. The summed E-state index contributed by atoms with van der Waals surface area (Å²) in [6.45, 7) is 0.104. The van der Waals surface area contributed by atoms with E-state index in [2.05, 4.69) is 4.99 Å². The number of nitrogens with zero attached hydrogens (tertiary/aromatic N) is 1. The third kappa shape index (κ3) is 1.19. The van der Waals surface area contributed by atoms with Crippen LogP contribution in [-0.2, 0) is 15.4 Å². The summed E-state index contributed by atoms with van der Waals surface area (Å²) < 4.78 is 63.7. The highest BCUT2D eigenvalue weighted by Crippen LogP contribution is 2.43. The Morgan fingerprint density at radius 1 is 0.944 bits per heavy atom. The molecule has 0 radical (unpaired) electrons. The molecule has 8 heteroatoms. The number of hydrogen-bond acceptors (Lipinski definition) is 4. The molecule has 0 atom stereocenters. The van der Waals surface area contributed by atoms with Crippen molar-refractivity contribution in [3.63, 3.8) is 0 Å². The number of hydrogen-bond donors (Lipinski definition) is 1. The molecule has 1 spiro atoms. The lowest BCUT2D eigenvalue weighted by Gasteiger charge is -2.20. The van der Waals surface area contributed by atoms with E-state index in [-0.39, 0.29) is 13.2 Å². The smallest absolute Gasteiger partial charge is 0.303 e. The summed E-state index contributed by atoms with van der Waals surface area (Å²) in [7, 11) is 0. The van der Waals surface area contributed by atoms with Crippen molar-refractivity contribution in [2.75, 3.05) is 13.2 Å². The summed E-state index contributed by atoms with van der Waals surface area (Å²) in [5.74, 6) is -9.62. The molecule has 2 N–H and O–H groups in total. The van der Waals surface area contributed by atoms with E-state index in [0.717, 1.165) is 0 Å². The fourth-order valence-electron chi connectivity index (χ4n) is 2.05. The van der Waals surface area contributed by atoms with Gasteiger partial charge in [-0.05, 0) is 0 Å². The van der Waals surface area contributed by atoms with Crippen LogP contribution in [0.3, 0.4) is 0 Å². The molecule has 96 valence electrons. The number of ether oxygens (including phenoxy) is 2. The Bertz CT molecular complexity index is 582. The van der Waals surface area contributed by atoms with E-state index in [1.807, 2.05) is 0 Å². The zero-order valence-corrected chi connectivity index (χ0v) is 8.77. The van der Waals surface area contributed by atoms with Gasteiger partial charge < -0.3 is 15.2 Å². The maximum absolute atomic E-state index is 13.7. The van der Waals surface area contributed by atoms with Crippen molar-refractivity contribution in [1.82, 2.24) is 0 Å². The number of halogens is 4. The van der Waals surface area contributed by atoms with Gasteiger partial charge in [0.25, 0.3) is 0 Å². The van der Waals surface area contributed by atoms with Crippen molar-refractivity contribution in [2.24, 2.45) is 10.7 Å². The first kappa shape index (κ1) is 11.4. The highest BCUT2D eigenvalue weighted by Gasteiger charge is 2.50. The predicted molar refractivity (Wildman–Crippen MR) is 50.6 cm³/mol. The molecule has 1 fully saturated rings. The molecule has 3 rings (SSSR count). The minimum absolute atomic E-state index is 0.0519. The Hall–Kier alpha value is -1.67. The van der Waals surface area contributed by atoms with E-state index in [9.17, 15) is 17.6 Å². The first-order valence-electron chi connectivity index (χ1n) is 4.98. The number of fused-ring (bicyclic) bond motifs is 2. The summed E-state index contributed by atoms with van der Waals surface area (Å²) in [5, 5.41) is 0. The average molecular weight is 262 g/mol. The van der Waals surface area contributed by atoms with Gasteiger partial charge in [-0.25, -0.2) is 22.6 Å². The summed E-state index contributed by atoms with van der Waals surface area (Å²) in [5.41, 5.74) is 4.07. The van der Waals surface area contributed by atoms with Crippen molar-refractivity contribution in [1.29, 1.82) is 0 Å². The lowest BCUT2D eigenvalue weighted by Crippen LogP contribution is -2.25. The zero-order chi connectivity index (χ0) is 13.1. The predicted octanol–water partition coefficient (Wildman–Crippen LogP) is 1.12. The standard InChI is InChI=1S/C10H6F4N2O2/c11-5-3-4(6(12)8(14)7(5)13)10(16-9(3)15)17-1-2-18-10/h1-2H2,(H2,15,16). The molecular formula is C10H6F4N2O2.